The van der Waals surface area contributed by atoms with Crippen LogP contribution in [-0.2, 0) is 32.7 Å². The summed E-state index contributed by atoms with van der Waals surface area (Å²) in [4.78, 5) is 0. The number of sulfone groups is 1. The van der Waals surface area contributed by atoms with Gasteiger partial charge in [-0.3, -0.25) is 0 Å². The predicted octanol–water partition coefficient (Wildman–Crippen LogP) is 5.30. The summed E-state index contributed by atoms with van der Waals surface area (Å²) in [5.41, 5.74) is -2.66. The second-order valence-corrected chi connectivity index (χ2v) is 14.7. The predicted molar refractivity (Wildman–Crippen MR) is 114 cm³/mol. The van der Waals surface area contributed by atoms with Crippen LogP contribution in [0.1, 0.15) is 52.9 Å². The van der Waals surface area contributed by atoms with Crippen LogP contribution in [0.4, 0.5) is 0 Å². The van der Waals surface area contributed by atoms with Crippen LogP contribution >= 0.6 is 28.7 Å². The first-order valence-corrected chi connectivity index (χ1v) is 15.0. The second kappa shape index (κ2) is 11.3. The van der Waals surface area contributed by atoms with E-state index in [0.29, 0.717) is 18.7 Å². The summed E-state index contributed by atoms with van der Waals surface area (Å²) in [5, 5.41) is 4.29. The quantitative estimate of drug-likeness (QED) is 0.291. The molecule has 1 heterocycles. The summed E-state index contributed by atoms with van der Waals surface area (Å²) < 4.78 is 38.2. The molecule has 0 N–H and O–H groups in total. The summed E-state index contributed by atoms with van der Waals surface area (Å²) in [5.74, 6) is 0.795. The minimum absolute atomic E-state index is 0.00285. The van der Waals surface area contributed by atoms with Crippen molar-refractivity contribution in [1.82, 2.24) is 9.78 Å². The standard InChI is InChI=1S/C15H28ClN2O4PS3/c1-5-8-9-10-12-26(19,20)15-13(16)14(17-18(15)11-6-2)22-23(24,21-4)25-7-3/h5-12H2,1-4H3. The molecule has 26 heavy (non-hydrogen) atoms. The van der Waals surface area contributed by atoms with Gasteiger partial charge in [0.15, 0.2) is 14.9 Å². The summed E-state index contributed by atoms with van der Waals surface area (Å²) in [7, 11) is -2.08. The van der Waals surface area contributed by atoms with E-state index < -0.39 is 15.5 Å². The monoisotopic (exact) mass is 462 g/mol. The lowest BCUT2D eigenvalue weighted by molar-refractivity contribution is 0.400. The molecule has 1 atom stereocenters. The molecule has 0 amide bonds. The van der Waals surface area contributed by atoms with Crippen molar-refractivity contribution < 1.29 is 17.5 Å². The summed E-state index contributed by atoms with van der Waals surface area (Å²) in [6.07, 6.45) is 4.25. The average Bonchev–Trinajstić information content (AvgIpc) is 2.88. The van der Waals surface area contributed by atoms with Gasteiger partial charge in [-0.05, 0) is 24.6 Å². The topological polar surface area (TPSA) is 70.4 Å². The number of unbranched alkanes of at least 4 members (excludes halogenated alkanes) is 3. The molecule has 1 rings (SSSR count). The molecule has 0 aliphatic carbocycles. The molecule has 152 valence electrons. The number of hydrogen-bond acceptors (Lipinski definition) is 7. The van der Waals surface area contributed by atoms with Crippen LogP contribution in [-0.4, -0.2) is 36.8 Å². The minimum atomic E-state index is -3.56. The molecule has 0 saturated carbocycles. The van der Waals surface area contributed by atoms with Gasteiger partial charge in [0, 0.05) is 19.4 Å². The Hall–Kier alpha value is 0.210. The Balaban J connectivity index is 3.19. The third-order valence-electron chi connectivity index (χ3n) is 3.53. The van der Waals surface area contributed by atoms with Crippen molar-refractivity contribution in [3.8, 4) is 5.88 Å². The van der Waals surface area contributed by atoms with Crippen molar-refractivity contribution in [2.75, 3.05) is 18.6 Å². The van der Waals surface area contributed by atoms with E-state index in [1.807, 2.05) is 13.8 Å². The molecule has 0 bridgehead atoms. The molecule has 0 aromatic carbocycles. The number of aryl methyl sites for hydroxylation is 1. The van der Waals surface area contributed by atoms with Crippen molar-refractivity contribution in [2.24, 2.45) is 0 Å². The molecular weight excluding hydrogens is 435 g/mol. The molecule has 0 aliphatic heterocycles. The van der Waals surface area contributed by atoms with Crippen LogP contribution in [0.2, 0.25) is 5.02 Å². The molecule has 1 aromatic rings. The van der Waals surface area contributed by atoms with Gasteiger partial charge in [0.1, 0.15) is 5.02 Å². The lowest BCUT2D eigenvalue weighted by atomic mass is 10.2. The van der Waals surface area contributed by atoms with E-state index >= 15 is 0 Å². The fraction of sp³-hybridized carbons (Fsp3) is 0.800. The summed E-state index contributed by atoms with van der Waals surface area (Å²) >= 11 is 13.2. The lowest BCUT2D eigenvalue weighted by Crippen LogP contribution is -2.14. The van der Waals surface area contributed by atoms with Gasteiger partial charge in [-0.15, -0.1) is 5.10 Å². The normalized spacial score (nSPS) is 14.3. The molecule has 1 aromatic heterocycles. The molecule has 0 fully saturated rings. The van der Waals surface area contributed by atoms with Crippen molar-refractivity contribution >= 4 is 50.3 Å². The minimum Gasteiger partial charge on any atom is -0.415 e. The van der Waals surface area contributed by atoms with Crippen LogP contribution in [0.5, 0.6) is 5.88 Å². The van der Waals surface area contributed by atoms with E-state index in [1.165, 1.54) is 23.2 Å². The van der Waals surface area contributed by atoms with Crippen molar-refractivity contribution in [3.63, 3.8) is 0 Å². The third-order valence-corrected chi connectivity index (χ3v) is 11.2. The van der Waals surface area contributed by atoms with Gasteiger partial charge in [-0.2, -0.15) is 0 Å². The Morgan fingerprint density at radius 3 is 2.46 bits per heavy atom. The Bertz CT molecular complexity index is 725. The Labute approximate surface area is 171 Å². The number of halogens is 1. The maximum atomic E-state index is 12.8. The molecular formula is C15H28ClN2O4PS3. The highest BCUT2D eigenvalue weighted by Crippen LogP contribution is 2.60. The summed E-state index contributed by atoms with van der Waals surface area (Å²) in [6.45, 7) is 6.40. The average molecular weight is 463 g/mol. The van der Waals surface area contributed by atoms with Crippen LogP contribution < -0.4 is 4.52 Å². The number of aromatic nitrogens is 2. The Kier molecular flexibility index (Phi) is 10.5. The van der Waals surface area contributed by atoms with Gasteiger partial charge < -0.3 is 9.05 Å². The van der Waals surface area contributed by atoms with E-state index in [-0.39, 0.29) is 21.7 Å². The Morgan fingerprint density at radius 2 is 1.92 bits per heavy atom. The van der Waals surface area contributed by atoms with Crippen molar-refractivity contribution in [1.29, 1.82) is 0 Å². The molecule has 11 heteroatoms. The van der Waals surface area contributed by atoms with Crippen LogP contribution in [0, 0.1) is 0 Å². The fourth-order valence-corrected chi connectivity index (χ4v) is 8.17. The summed E-state index contributed by atoms with van der Waals surface area (Å²) in [6, 6.07) is 0. The van der Waals surface area contributed by atoms with Crippen LogP contribution in [0.15, 0.2) is 5.03 Å². The van der Waals surface area contributed by atoms with Crippen LogP contribution in [0.25, 0.3) is 0 Å². The zero-order chi connectivity index (χ0) is 19.8. The van der Waals surface area contributed by atoms with Gasteiger partial charge in [0.25, 0.3) is 11.6 Å². The first-order valence-electron chi connectivity index (χ1n) is 8.73. The maximum Gasteiger partial charge on any atom is 0.298 e. The van der Waals surface area contributed by atoms with E-state index in [1.54, 1.807) is 0 Å². The van der Waals surface area contributed by atoms with Gasteiger partial charge in [-0.25, -0.2) is 13.1 Å². The molecule has 0 spiro atoms. The van der Waals surface area contributed by atoms with E-state index in [4.69, 9.17) is 32.5 Å². The highest BCUT2D eigenvalue weighted by molar-refractivity contribution is 8.68. The van der Waals surface area contributed by atoms with E-state index in [0.717, 1.165) is 25.7 Å². The largest absolute Gasteiger partial charge is 0.415 e. The smallest absolute Gasteiger partial charge is 0.298 e. The SMILES string of the molecule is CCCCCCS(=O)(=O)c1c(Cl)c(OP(=S)(OC)SCC)nn1CCC. The van der Waals surface area contributed by atoms with Crippen molar-refractivity contribution in [3.05, 3.63) is 5.02 Å². The zero-order valence-electron chi connectivity index (χ0n) is 15.7. The third kappa shape index (κ3) is 6.67. The molecule has 0 aliphatic rings. The van der Waals surface area contributed by atoms with Gasteiger partial charge in [0.2, 0.25) is 0 Å². The molecule has 0 saturated heterocycles. The highest BCUT2D eigenvalue weighted by atomic mass is 35.5. The second-order valence-electron chi connectivity index (χ2n) is 5.67. The van der Waals surface area contributed by atoms with Gasteiger partial charge in [0.05, 0.1) is 5.75 Å². The van der Waals surface area contributed by atoms with E-state index in [9.17, 15) is 8.42 Å². The highest BCUT2D eigenvalue weighted by Gasteiger charge is 2.31. The lowest BCUT2D eigenvalue weighted by Gasteiger charge is -2.17. The first-order chi connectivity index (χ1) is 12.2. The van der Waals surface area contributed by atoms with Gasteiger partial charge in [-0.1, -0.05) is 63.0 Å². The maximum absolute atomic E-state index is 12.8. The number of nitrogens with zero attached hydrogens (tertiary/aromatic N) is 2. The molecule has 0 radical (unpaired) electrons. The molecule has 1 unspecified atom stereocenters. The van der Waals surface area contributed by atoms with Gasteiger partial charge >= 0.3 is 0 Å². The fourth-order valence-electron chi connectivity index (χ4n) is 2.32. The Morgan fingerprint density at radius 1 is 1.23 bits per heavy atom. The number of hydrogen-bond donors (Lipinski definition) is 0. The van der Waals surface area contributed by atoms with Crippen molar-refractivity contribution in [2.45, 2.75) is 64.4 Å². The first kappa shape index (κ1) is 24.2. The van der Waals surface area contributed by atoms with Crippen LogP contribution in [0.3, 0.4) is 0 Å². The molecule has 6 nitrogen and oxygen atoms in total. The van der Waals surface area contributed by atoms with E-state index in [2.05, 4.69) is 12.0 Å². The zero-order valence-corrected chi connectivity index (χ0v) is 19.8. The number of rotatable bonds is 13.